The lowest BCUT2D eigenvalue weighted by molar-refractivity contribution is -0.122. The third-order valence-corrected chi connectivity index (χ3v) is 6.87. The molecule has 0 saturated heterocycles. The molecule has 176 valence electrons. The first kappa shape index (κ1) is 26.0. The van der Waals surface area contributed by atoms with Crippen molar-refractivity contribution < 1.29 is 17.9 Å². The second kappa shape index (κ2) is 10.6. The molecule has 0 bridgehead atoms. The summed E-state index contributed by atoms with van der Waals surface area (Å²) in [6.07, 6.45) is 1.40. The Morgan fingerprint density at radius 2 is 1.81 bits per heavy atom. The smallest absolute Gasteiger partial charge is 0.244 e. The molecule has 0 aliphatic rings. The summed E-state index contributed by atoms with van der Waals surface area (Å²) in [5.74, 6) is 0.696. The summed E-state index contributed by atoms with van der Waals surface area (Å²) in [7, 11) is -2.08. The molecule has 0 radical (unpaired) electrons. The van der Waals surface area contributed by atoms with Gasteiger partial charge >= 0.3 is 0 Å². The van der Waals surface area contributed by atoms with E-state index < -0.39 is 16.1 Å². The number of ether oxygens (including phenoxy) is 1. The summed E-state index contributed by atoms with van der Waals surface area (Å²) in [5, 5.41) is 3.41. The van der Waals surface area contributed by atoms with Crippen LogP contribution < -0.4 is 14.4 Å². The number of anilines is 1. The lowest BCUT2D eigenvalue weighted by atomic mass is 9.93. The van der Waals surface area contributed by atoms with Gasteiger partial charge in [-0.15, -0.1) is 0 Å². The molecule has 8 heteroatoms. The maximum Gasteiger partial charge on any atom is 0.244 e. The van der Waals surface area contributed by atoms with E-state index in [0.29, 0.717) is 17.1 Å². The van der Waals surface area contributed by atoms with E-state index >= 15 is 0 Å². The highest BCUT2D eigenvalue weighted by molar-refractivity contribution is 7.92. The van der Waals surface area contributed by atoms with Gasteiger partial charge in [0.05, 0.1) is 25.1 Å². The quantitative estimate of drug-likeness (QED) is 0.535. The van der Waals surface area contributed by atoms with Gasteiger partial charge in [-0.2, -0.15) is 0 Å². The fourth-order valence-corrected chi connectivity index (χ4v) is 5.26. The number of sulfonamides is 1. The first-order valence-electron chi connectivity index (χ1n) is 10.6. The Bertz CT molecular complexity index is 1070. The van der Waals surface area contributed by atoms with Crippen LogP contribution in [0.2, 0.25) is 5.02 Å². The summed E-state index contributed by atoms with van der Waals surface area (Å²) in [5.41, 5.74) is 3.36. The van der Waals surface area contributed by atoms with Gasteiger partial charge in [0.25, 0.3) is 0 Å². The van der Waals surface area contributed by atoms with E-state index in [9.17, 15) is 13.2 Å². The van der Waals surface area contributed by atoms with E-state index in [1.165, 1.54) is 0 Å². The number of rotatable bonds is 9. The number of carbonyl (C=O) groups is 1. The molecule has 6 nitrogen and oxygen atoms in total. The molecule has 1 amide bonds. The molecular weight excluding hydrogens is 448 g/mol. The number of hydrogen-bond acceptors (Lipinski definition) is 4. The van der Waals surface area contributed by atoms with Gasteiger partial charge in [0.2, 0.25) is 15.9 Å². The van der Waals surface area contributed by atoms with Crippen LogP contribution in [0.15, 0.2) is 36.4 Å². The molecule has 2 aromatic rings. The Balaban J connectivity index is 2.39. The third kappa shape index (κ3) is 5.95. The SMILES string of the molecule is CC[C@@H](C(=O)N[C@@H](C)c1cc(C(C)C)c(OC)cc1C)N(c1cccc(Cl)c1)S(C)(=O)=O. The molecule has 32 heavy (non-hydrogen) atoms. The summed E-state index contributed by atoms with van der Waals surface area (Å²) in [4.78, 5) is 13.3. The molecule has 0 aliphatic carbocycles. The second-order valence-corrected chi connectivity index (χ2v) is 10.6. The van der Waals surface area contributed by atoms with Crippen LogP contribution in [0, 0.1) is 6.92 Å². The van der Waals surface area contributed by atoms with Crippen LogP contribution in [0.25, 0.3) is 0 Å². The van der Waals surface area contributed by atoms with Crippen LogP contribution in [-0.4, -0.2) is 33.7 Å². The highest BCUT2D eigenvalue weighted by atomic mass is 35.5. The van der Waals surface area contributed by atoms with Gasteiger partial charge in [-0.1, -0.05) is 38.4 Å². The van der Waals surface area contributed by atoms with Crippen molar-refractivity contribution in [3.63, 3.8) is 0 Å². The Labute approximate surface area is 197 Å². The zero-order chi connectivity index (χ0) is 24.2. The molecule has 0 aromatic heterocycles. The molecule has 2 rings (SSSR count). The van der Waals surface area contributed by atoms with Crippen LogP contribution in [0.3, 0.4) is 0 Å². The molecule has 0 unspecified atom stereocenters. The predicted molar refractivity (Wildman–Crippen MR) is 131 cm³/mol. The summed E-state index contributed by atoms with van der Waals surface area (Å²) < 4.78 is 31.9. The van der Waals surface area contributed by atoms with E-state index in [-0.39, 0.29) is 17.9 Å². The number of carbonyl (C=O) groups excluding carboxylic acids is 1. The van der Waals surface area contributed by atoms with Crippen molar-refractivity contribution in [1.82, 2.24) is 5.32 Å². The zero-order valence-corrected chi connectivity index (χ0v) is 21.3. The standard InChI is InChI=1S/C24H33ClN2O4S/c1-8-22(27(32(7,29)30)19-11-9-10-18(25)13-19)24(28)26-17(5)21-14-20(15(2)3)23(31-6)12-16(21)4/h9-15,17,22H,8H2,1-7H3,(H,26,28)/t17-,22-/m0/s1. The molecule has 0 fully saturated rings. The number of aryl methyl sites for hydroxylation is 1. The summed E-state index contributed by atoms with van der Waals surface area (Å²) >= 11 is 6.08. The lowest BCUT2D eigenvalue weighted by Crippen LogP contribution is -2.49. The van der Waals surface area contributed by atoms with Crippen LogP contribution in [0.1, 0.15) is 62.8 Å². The Morgan fingerprint density at radius 1 is 1.16 bits per heavy atom. The lowest BCUT2D eigenvalue weighted by Gasteiger charge is -2.31. The molecule has 2 aromatic carbocycles. The predicted octanol–water partition coefficient (Wildman–Crippen LogP) is 5.20. The Kier molecular flexibility index (Phi) is 8.60. The average molecular weight is 481 g/mol. The number of methoxy groups -OCH3 is 1. The van der Waals surface area contributed by atoms with Crippen LogP contribution in [0.5, 0.6) is 5.75 Å². The van der Waals surface area contributed by atoms with Crippen LogP contribution >= 0.6 is 11.6 Å². The number of nitrogens with one attached hydrogen (secondary N) is 1. The van der Waals surface area contributed by atoms with Gasteiger partial charge in [0, 0.05) is 5.02 Å². The number of nitrogens with zero attached hydrogens (tertiary/aromatic N) is 1. The number of halogens is 1. The first-order valence-corrected chi connectivity index (χ1v) is 12.9. The van der Waals surface area contributed by atoms with E-state index in [1.54, 1.807) is 38.3 Å². The normalized spacial score (nSPS) is 13.5. The van der Waals surface area contributed by atoms with Gasteiger partial charge in [-0.3, -0.25) is 9.10 Å². The van der Waals surface area contributed by atoms with Crippen molar-refractivity contribution >= 4 is 33.2 Å². The topological polar surface area (TPSA) is 75.7 Å². The van der Waals surface area contributed by atoms with Crippen molar-refractivity contribution in [3.8, 4) is 5.75 Å². The van der Waals surface area contributed by atoms with Gasteiger partial charge in [-0.05, 0) is 73.2 Å². The molecule has 0 spiro atoms. The summed E-state index contributed by atoms with van der Waals surface area (Å²) in [6, 6.07) is 9.30. The molecule has 0 heterocycles. The number of amides is 1. The molecule has 0 aliphatic heterocycles. The van der Waals surface area contributed by atoms with E-state index in [4.69, 9.17) is 16.3 Å². The minimum absolute atomic E-state index is 0.249. The third-order valence-electron chi connectivity index (χ3n) is 5.46. The maximum atomic E-state index is 13.3. The largest absolute Gasteiger partial charge is 0.496 e. The second-order valence-electron chi connectivity index (χ2n) is 8.30. The van der Waals surface area contributed by atoms with Crippen molar-refractivity contribution in [1.29, 1.82) is 0 Å². The average Bonchev–Trinajstić information content (AvgIpc) is 2.69. The van der Waals surface area contributed by atoms with Crippen molar-refractivity contribution in [2.24, 2.45) is 0 Å². The van der Waals surface area contributed by atoms with Crippen LogP contribution in [-0.2, 0) is 14.8 Å². The molecule has 1 N–H and O–H groups in total. The van der Waals surface area contributed by atoms with E-state index in [1.807, 2.05) is 19.9 Å². The fraction of sp³-hybridized carbons (Fsp3) is 0.458. The summed E-state index contributed by atoms with van der Waals surface area (Å²) in [6.45, 7) is 9.82. The van der Waals surface area contributed by atoms with Crippen molar-refractivity contribution in [2.75, 3.05) is 17.7 Å². The molecule has 2 atom stereocenters. The zero-order valence-electron chi connectivity index (χ0n) is 19.8. The monoisotopic (exact) mass is 480 g/mol. The molecular formula is C24H33ClN2O4S. The van der Waals surface area contributed by atoms with Crippen molar-refractivity contribution in [3.05, 3.63) is 58.1 Å². The van der Waals surface area contributed by atoms with Crippen LogP contribution in [0.4, 0.5) is 5.69 Å². The minimum Gasteiger partial charge on any atom is -0.496 e. The van der Waals surface area contributed by atoms with Gasteiger partial charge in [0.15, 0.2) is 0 Å². The first-order chi connectivity index (χ1) is 14.9. The Hall–Kier alpha value is -2.25. The van der Waals surface area contributed by atoms with Gasteiger partial charge < -0.3 is 10.1 Å². The van der Waals surface area contributed by atoms with Gasteiger partial charge in [-0.25, -0.2) is 8.42 Å². The Morgan fingerprint density at radius 3 is 2.31 bits per heavy atom. The maximum absolute atomic E-state index is 13.3. The fourth-order valence-electron chi connectivity index (χ4n) is 3.87. The number of benzene rings is 2. The van der Waals surface area contributed by atoms with Gasteiger partial charge in [0.1, 0.15) is 11.8 Å². The number of hydrogen-bond donors (Lipinski definition) is 1. The highest BCUT2D eigenvalue weighted by Gasteiger charge is 2.32. The molecule has 0 saturated carbocycles. The van der Waals surface area contributed by atoms with E-state index in [0.717, 1.165) is 33.0 Å². The van der Waals surface area contributed by atoms with E-state index in [2.05, 4.69) is 25.2 Å². The minimum atomic E-state index is -3.73. The highest BCUT2D eigenvalue weighted by Crippen LogP contribution is 2.32. The van der Waals surface area contributed by atoms with Crippen molar-refractivity contribution in [2.45, 2.75) is 59.0 Å².